The van der Waals surface area contributed by atoms with Crippen molar-refractivity contribution in [3.8, 4) is 0 Å². The molecule has 1 fully saturated rings. The number of carbonyl (C=O) groups is 1. The van der Waals surface area contributed by atoms with Crippen molar-refractivity contribution in [1.82, 2.24) is 14.7 Å². The van der Waals surface area contributed by atoms with Gasteiger partial charge in [-0.1, -0.05) is 6.92 Å². The minimum Gasteiger partial charge on any atom is -0.354 e. The number of amides is 1. The number of fused-ring (bicyclic) bond motifs is 1. The Bertz CT molecular complexity index is 612. The topological polar surface area (TPSA) is 46.4 Å². The Morgan fingerprint density at radius 1 is 1.60 bits per heavy atom. The second-order valence-electron chi connectivity index (χ2n) is 5.70. The van der Waals surface area contributed by atoms with E-state index in [4.69, 9.17) is 0 Å². The zero-order valence-corrected chi connectivity index (χ0v) is 12.9. The second kappa shape index (κ2) is 5.56. The van der Waals surface area contributed by atoms with Crippen molar-refractivity contribution in [1.29, 1.82) is 0 Å². The quantitative estimate of drug-likeness (QED) is 0.889. The first-order valence-electron chi connectivity index (χ1n) is 7.42. The number of hydrogen-bond acceptors (Lipinski definition) is 3. The van der Waals surface area contributed by atoms with Gasteiger partial charge in [0.05, 0.1) is 5.69 Å². The van der Waals surface area contributed by atoms with Crippen LogP contribution < -0.4 is 5.32 Å². The molecule has 1 atom stereocenters. The molecular formula is C15H21N3OS. The molecule has 5 heteroatoms. The number of nitrogens with zero attached hydrogens (tertiary/aromatic N) is 2. The highest BCUT2D eigenvalue weighted by atomic mass is 32.1. The Labute approximate surface area is 123 Å². The van der Waals surface area contributed by atoms with Crippen LogP contribution in [0, 0.1) is 0 Å². The summed E-state index contributed by atoms with van der Waals surface area (Å²) in [7, 11) is 0. The zero-order chi connectivity index (χ0) is 14.1. The highest BCUT2D eigenvalue weighted by molar-refractivity contribution is 7.15. The molecule has 20 heavy (non-hydrogen) atoms. The van der Waals surface area contributed by atoms with Crippen LogP contribution in [-0.4, -0.2) is 21.3 Å². The molecule has 2 aromatic rings. The van der Waals surface area contributed by atoms with Crippen LogP contribution in [0.15, 0.2) is 11.6 Å². The molecule has 0 spiro atoms. The molecule has 1 amide bonds. The number of carbonyl (C=O) groups excluding carboxylic acids is 1. The molecule has 0 bridgehead atoms. The fourth-order valence-electron chi connectivity index (χ4n) is 2.29. The third-order valence-corrected chi connectivity index (χ3v) is 4.81. The van der Waals surface area contributed by atoms with Crippen LogP contribution in [0.25, 0.3) is 4.96 Å². The standard InChI is InChI=1S/C15H21N3OS/c1-3-10(2)16-14(19)7-6-12-9-20-15-17-13(8-18(12)15)11-4-5-11/h8-11H,3-7H2,1-2H3,(H,16,19). The van der Waals surface area contributed by atoms with Crippen LogP contribution >= 0.6 is 11.3 Å². The Morgan fingerprint density at radius 2 is 2.40 bits per heavy atom. The summed E-state index contributed by atoms with van der Waals surface area (Å²) in [5.74, 6) is 0.824. The van der Waals surface area contributed by atoms with E-state index in [1.165, 1.54) is 24.2 Å². The van der Waals surface area contributed by atoms with Crippen molar-refractivity contribution in [2.45, 2.75) is 57.9 Å². The van der Waals surface area contributed by atoms with Crippen LogP contribution in [0.4, 0.5) is 0 Å². The van der Waals surface area contributed by atoms with Gasteiger partial charge in [0, 0.05) is 35.7 Å². The van der Waals surface area contributed by atoms with Gasteiger partial charge < -0.3 is 5.32 Å². The Balaban J connectivity index is 1.63. The van der Waals surface area contributed by atoms with Crippen LogP contribution in [0.3, 0.4) is 0 Å². The summed E-state index contributed by atoms with van der Waals surface area (Å²) >= 11 is 1.67. The minimum absolute atomic E-state index is 0.140. The normalized spacial score (nSPS) is 16.5. The monoisotopic (exact) mass is 291 g/mol. The smallest absolute Gasteiger partial charge is 0.220 e. The lowest BCUT2D eigenvalue weighted by Gasteiger charge is -2.10. The molecule has 0 radical (unpaired) electrons. The van der Waals surface area contributed by atoms with Crippen LogP contribution in [0.5, 0.6) is 0 Å². The largest absolute Gasteiger partial charge is 0.354 e. The lowest BCUT2D eigenvalue weighted by molar-refractivity contribution is -0.121. The third-order valence-electron chi connectivity index (χ3n) is 3.93. The molecule has 2 heterocycles. The number of hydrogen-bond donors (Lipinski definition) is 1. The maximum Gasteiger partial charge on any atom is 0.220 e. The van der Waals surface area contributed by atoms with E-state index in [0.717, 1.165) is 17.8 Å². The van der Waals surface area contributed by atoms with Crippen LogP contribution in [0.1, 0.15) is 56.8 Å². The summed E-state index contributed by atoms with van der Waals surface area (Å²) in [6, 6.07) is 0.264. The molecule has 108 valence electrons. The fraction of sp³-hybridized carbons (Fsp3) is 0.600. The van der Waals surface area contributed by atoms with Gasteiger partial charge in [-0.15, -0.1) is 11.3 Å². The van der Waals surface area contributed by atoms with Gasteiger partial charge in [-0.2, -0.15) is 0 Å². The summed E-state index contributed by atoms with van der Waals surface area (Å²) in [5, 5.41) is 5.13. The van der Waals surface area contributed by atoms with E-state index in [9.17, 15) is 4.79 Å². The molecular weight excluding hydrogens is 270 g/mol. The van der Waals surface area contributed by atoms with E-state index in [-0.39, 0.29) is 11.9 Å². The Morgan fingerprint density at radius 3 is 3.10 bits per heavy atom. The molecule has 0 aromatic carbocycles. The van der Waals surface area contributed by atoms with Crippen molar-refractivity contribution < 1.29 is 4.79 Å². The number of rotatable bonds is 6. The minimum atomic E-state index is 0.140. The van der Waals surface area contributed by atoms with E-state index in [2.05, 4.69) is 33.2 Å². The third kappa shape index (κ3) is 2.87. The average Bonchev–Trinajstić information content (AvgIpc) is 3.08. The molecule has 0 saturated heterocycles. The molecule has 0 aliphatic heterocycles. The molecule has 1 saturated carbocycles. The van der Waals surface area contributed by atoms with E-state index in [1.807, 2.05) is 6.92 Å². The van der Waals surface area contributed by atoms with Gasteiger partial charge in [-0.3, -0.25) is 9.20 Å². The highest BCUT2D eigenvalue weighted by Crippen LogP contribution is 2.40. The van der Waals surface area contributed by atoms with Gasteiger partial charge in [0.15, 0.2) is 4.96 Å². The predicted octanol–water partition coefficient (Wildman–Crippen LogP) is 3.12. The highest BCUT2D eigenvalue weighted by Gasteiger charge is 2.26. The number of aryl methyl sites for hydroxylation is 1. The van der Waals surface area contributed by atoms with Gasteiger partial charge in [-0.05, 0) is 32.6 Å². The van der Waals surface area contributed by atoms with E-state index < -0.39 is 0 Å². The van der Waals surface area contributed by atoms with Crippen molar-refractivity contribution >= 4 is 22.2 Å². The van der Waals surface area contributed by atoms with Gasteiger partial charge >= 0.3 is 0 Å². The number of nitrogens with one attached hydrogen (secondary N) is 1. The Hall–Kier alpha value is -1.36. The van der Waals surface area contributed by atoms with Crippen molar-refractivity contribution in [2.75, 3.05) is 0 Å². The molecule has 3 rings (SSSR count). The van der Waals surface area contributed by atoms with Gasteiger partial charge in [0.25, 0.3) is 0 Å². The van der Waals surface area contributed by atoms with Gasteiger partial charge in [-0.25, -0.2) is 4.98 Å². The molecule has 1 N–H and O–H groups in total. The summed E-state index contributed by atoms with van der Waals surface area (Å²) in [6.45, 7) is 4.12. The molecule has 1 unspecified atom stereocenters. The van der Waals surface area contributed by atoms with Gasteiger partial charge in [0.2, 0.25) is 5.91 Å². The van der Waals surface area contributed by atoms with Crippen molar-refractivity contribution in [3.63, 3.8) is 0 Å². The Kier molecular flexibility index (Phi) is 3.78. The summed E-state index contributed by atoms with van der Waals surface area (Å²) < 4.78 is 2.16. The maximum absolute atomic E-state index is 11.8. The summed E-state index contributed by atoms with van der Waals surface area (Å²) in [5.41, 5.74) is 2.42. The summed E-state index contributed by atoms with van der Waals surface area (Å²) in [4.78, 5) is 17.6. The average molecular weight is 291 g/mol. The molecule has 1 aliphatic rings. The summed E-state index contributed by atoms with van der Waals surface area (Å²) in [6.07, 6.45) is 7.01. The SMILES string of the molecule is CCC(C)NC(=O)CCc1csc2nc(C3CC3)cn12. The van der Waals surface area contributed by atoms with E-state index in [0.29, 0.717) is 12.3 Å². The maximum atomic E-state index is 11.8. The zero-order valence-electron chi connectivity index (χ0n) is 12.1. The molecule has 1 aliphatic carbocycles. The van der Waals surface area contributed by atoms with E-state index in [1.54, 1.807) is 11.3 Å². The van der Waals surface area contributed by atoms with Gasteiger partial charge in [0.1, 0.15) is 0 Å². The van der Waals surface area contributed by atoms with Crippen LogP contribution in [0.2, 0.25) is 0 Å². The predicted molar refractivity (Wildman–Crippen MR) is 81.3 cm³/mol. The number of imidazole rings is 1. The molecule has 2 aromatic heterocycles. The molecule has 4 nitrogen and oxygen atoms in total. The first-order chi connectivity index (χ1) is 9.67. The van der Waals surface area contributed by atoms with Crippen LogP contribution in [-0.2, 0) is 11.2 Å². The first-order valence-corrected chi connectivity index (χ1v) is 8.30. The second-order valence-corrected chi connectivity index (χ2v) is 6.53. The fourth-order valence-corrected chi connectivity index (χ4v) is 3.21. The number of thiazole rings is 1. The van der Waals surface area contributed by atoms with Crippen molar-refractivity contribution in [3.05, 3.63) is 23.0 Å². The van der Waals surface area contributed by atoms with Crippen molar-refractivity contribution in [2.24, 2.45) is 0 Å². The lowest BCUT2D eigenvalue weighted by Crippen LogP contribution is -2.32. The van der Waals surface area contributed by atoms with E-state index >= 15 is 0 Å². The first kappa shape index (κ1) is 13.6. The lowest BCUT2D eigenvalue weighted by atomic mass is 10.2. The number of aromatic nitrogens is 2.